The van der Waals surface area contributed by atoms with Crippen molar-refractivity contribution in [2.75, 3.05) is 9.80 Å². The number of pyridine rings is 1. The van der Waals surface area contributed by atoms with Crippen LogP contribution in [-0.4, -0.2) is 4.98 Å². The number of fused-ring (bicyclic) bond motifs is 6. The van der Waals surface area contributed by atoms with Crippen molar-refractivity contribution in [3.8, 4) is 0 Å². The van der Waals surface area contributed by atoms with Crippen LogP contribution in [0, 0.1) is 0 Å². The lowest BCUT2D eigenvalue weighted by atomic mass is 9.84. The van der Waals surface area contributed by atoms with Gasteiger partial charge in [0.2, 0.25) is 0 Å². The fourth-order valence-electron chi connectivity index (χ4n) is 10.00. The van der Waals surface area contributed by atoms with E-state index in [0.29, 0.717) is 0 Å². The highest BCUT2D eigenvalue weighted by Gasteiger charge is 2.28. The van der Waals surface area contributed by atoms with E-state index in [1.54, 1.807) is 0 Å². The summed E-state index contributed by atoms with van der Waals surface area (Å²) in [6, 6.07) is 63.0. The molecule has 0 bridgehead atoms. The summed E-state index contributed by atoms with van der Waals surface area (Å²) in [4.78, 5) is 10.0. The molecule has 5 heteroatoms. The second kappa shape index (κ2) is 14.4. The zero-order valence-corrected chi connectivity index (χ0v) is 36.7. The van der Waals surface area contributed by atoms with Crippen molar-refractivity contribution in [3.05, 3.63) is 187 Å². The van der Waals surface area contributed by atoms with E-state index in [9.17, 15) is 0 Å². The number of hydrogen-bond donors (Lipinski definition) is 0. The molecule has 0 radical (unpaired) electrons. The Morgan fingerprint density at radius 2 is 0.855 bits per heavy atom. The molecule has 3 heterocycles. The standard InChI is InChI=1S/C57H43N3S2/c1-34(2)45-32-49(59(36-16-6-5-7-17-36)47-22-14-20-41-37-18-8-10-24-51(37)61-56(41)47)43-29-27-40-46(35(3)4)33-50(44-30-28-39(45)54(43)55(40)44)60(53-26-12-13-31-58-53)48-23-15-21-42-38-19-9-11-25-52(38)62-57(42)48/h5-35H,1-4H3. The molecule has 0 saturated carbocycles. The molecule has 0 fully saturated rings. The number of thiophene rings is 2. The maximum absolute atomic E-state index is 5.08. The second-order valence-corrected chi connectivity index (χ2v) is 19.2. The van der Waals surface area contributed by atoms with Crippen molar-refractivity contribution >= 4 is 130 Å². The second-order valence-electron chi connectivity index (χ2n) is 17.0. The van der Waals surface area contributed by atoms with Gasteiger partial charge < -0.3 is 4.90 Å². The van der Waals surface area contributed by atoms with Crippen molar-refractivity contribution in [2.45, 2.75) is 39.5 Å². The number of rotatable bonds is 8. The highest BCUT2D eigenvalue weighted by Crippen LogP contribution is 2.53. The van der Waals surface area contributed by atoms with Crippen LogP contribution in [0.15, 0.2) is 176 Å². The summed E-state index contributed by atoms with van der Waals surface area (Å²) in [5.41, 5.74) is 8.50. The average Bonchev–Trinajstić information content (AvgIpc) is 3.89. The number of para-hydroxylation sites is 1. The largest absolute Gasteiger partial charge is 0.308 e. The zero-order chi connectivity index (χ0) is 41.6. The minimum Gasteiger partial charge on any atom is -0.308 e. The third-order valence-corrected chi connectivity index (χ3v) is 15.2. The van der Waals surface area contributed by atoms with Gasteiger partial charge in [-0.3, -0.25) is 4.90 Å². The lowest BCUT2D eigenvalue weighted by molar-refractivity contribution is 0.875. The van der Waals surface area contributed by atoms with Gasteiger partial charge in [0.25, 0.3) is 0 Å². The molecule has 0 N–H and O–H groups in total. The SMILES string of the molecule is CC(C)c1cc(N(c2ccccc2)c2cccc3c2sc2ccccc23)c2ccc3c(C(C)C)cc(N(c4ccccn4)c4cccc5c4sc4ccccc45)c4ccc1c2c34. The Labute approximate surface area is 369 Å². The Balaban J connectivity index is 1.21. The van der Waals surface area contributed by atoms with E-state index in [1.165, 1.54) is 95.2 Å². The molecule has 0 unspecified atom stereocenters. The minimum atomic E-state index is 0.277. The maximum Gasteiger partial charge on any atom is 0.137 e. The molecule has 0 aliphatic carbocycles. The first kappa shape index (κ1) is 37.0. The summed E-state index contributed by atoms with van der Waals surface area (Å²) in [6.45, 7) is 9.35. The van der Waals surface area contributed by atoms with Gasteiger partial charge in [-0.05, 0) is 105 Å². The first-order valence-corrected chi connectivity index (χ1v) is 23.2. The van der Waals surface area contributed by atoms with Gasteiger partial charge in [0, 0.05) is 53.6 Å². The van der Waals surface area contributed by atoms with Crippen molar-refractivity contribution in [2.24, 2.45) is 0 Å². The first-order valence-electron chi connectivity index (χ1n) is 21.6. The molecule has 0 saturated heterocycles. The van der Waals surface area contributed by atoms with Gasteiger partial charge in [-0.25, -0.2) is 4.98 Å². The molecule has 0 aliphatic rings. The van der Waals surface area contributed by atoms with E-state index in [0.717, 1.165) is 22.9 Å². The van der Waals surface area contributed by atoms with E-state index in [4.69, 9.17) is 4.98 Å². The van der Waals surface area contributed by atoms with Gasteiger partial charge in [0.05, 0.1) is 32.1 Å². The molecule has 12 rings (SSSR count). The van der Waals surface area contributed by atoms with Gasteiger partial charge in [0.15, 0.2) is 0 Å². The molecule has 3 nitrogen and oxygen atoms in total. The van der Waals surface area contributed by atoms with E-state index >= 15 is 0 Å². The van der Waals surface area contributed by atoms with Crippen molar-refractivity contribution in [1.29, 1.82) is 0 Å². The third kappa shape index (κ3) is 5.58. The fourth-order valence-corrected chi connectivity index (χ4v) is 12.4. The minimum absolute atomic E-state index is 0.277. The van der Waals surface area contributed by atoms with Gasteiger partial charge in [-0.1, -0.05) is 137 Å². The van der Waals surface area contributed by atoms with Crippen LogP contribution in [-0.2, 0) is 0 Å². The van der Waals surface area contributed by atoms with Gasteiger partial charge >= 0.3 is 0 Å². The van der Waals surface area contributed by atoms with Crippen LogP contribution in [0.1, 0.15) is 50.7 Å². The predicted octanol–water partition coefficient (Wildman–Crippen LogP) is 17.9. The van der Waals surface area contributed by atoms with Gasteiger partial charge in [0.1, 0.15) is 5.82 Å². The molecule has 62 heavy (non-hydrogen) atoms. The van der Waals surface area contributed by atoms with Crippen LogP contribution in [0.2, 0.25) is 0 Å². The Kier molecular flexibility index (Phi) is 8.60. The predicted molar refractivity (Wildman–Crippen MR) is 271 cm³/mol. The van der Waals surface area contributed by atoms with Crippen molar-refractivity contribution in [1.82, 2.24) is 4.98 Å². The summed E-state index contributed by atoms with van der Waals surface area (Å²) in [7, 11) is 0. The van der Waals surface area contributed by atoms with Crippen LogP contribution in [0.3, 0.4) is 0 Å². The number of hydrogen-bond acceptors (Lipinski definition) is 5. The topological polar surface area (TPSA) is 19.4 Å². The molecular weight excluding hydrogens is 791 g/mol. The Hall–Kier alpha value is -6.79. The Bertz CT molecular complexity index is 3420. The van der Waals surface area contributed by atoms with E-state index in [2.05, 4.69) is 201 Å². The Morgan fingerprint density at radius 1 is 0.387 bits per heavy atom. The van der Waals surface area contributed by atoms with Crippen LogP contribution >= 0.6 is 22.7 Å². The lowest BCUT2D eigenvalue weighted by Crippen LogP contribution is -2.14. The van der Waals surface area contributed by atoms with Crippen LogP contribution in [0.4, 0.5) is 34.3 Å². The lowest BCUT2D eigenvalue weighted by Gasteiger charge is -2.31. The summed E-state index contributed by atoms with van der Waals surface area (Å²) in [5.74, 6) is 1.47. The fraction of sp³-hybridized carbons (Fsp3) is 0.105. The molecule has 0 aliphatic heterocycles. The highest BCUT2D eigenvalue weighted by molar-refractivity contribution is 7.26. The van der Waals surface area contributed by atoms with Gasteiger partial charge in [-0.2, -0.15) is 0 Å². The smallest absolute Gasteiger partial charge is 0.137 e. The number of aromatic nitrogens is 1. The monoisotopic (exact) mass is 833 g/mol. The number of nitrogens with zero attached hydrogens (tertiary/aromatic N) is 3. The number of anilines is 6. The van der Waals surface area contributed by atoms with E-state index in [1.807, 2.05) is 34.9 Å². The quantitative estimate of drug-likeness (QED) is 0.142. The molecule has 0 spiro atoms. The Morgan fingerprint density at radius 3 is 1.39 bits per heavy atom. The third-order valence-electron chi connectivity index (χ3n) is 12.8. The molecule has 12 aromatic rings. The van der Waals surface area contributed by atoms with E-state index in [-0.39, 0.29) is 11.8 Å². The molecule has 9 aromatic carbocycles. The highest BCUT2D eigenvalue weighted by atomic mass is 32.1. The maximum atomic E-state index is 5.08. The average molecular weight is 834 g/mol. The summed E-state index contributed by atoms with van der Waals surface area (Å²) in [5, 5.41) is 12.9. The normalized spacial score (nSPS) is 12.2. The summed E-state index contributed by atoms with van der Waals surface area (Å²) < 4.78 is 5.14. The summed E-state index contributed by atoms with van der Waals surface area (Å²) >= 11 is 3.75. The zero-order valence-electron chi connectivity index (χ0n) is 35.1. The molecule has 3 aromatic heterocycles. The molecule has 298 valence electrons. The molecular formula is C57H43N3S2. The van der Waals surface area contributed by atoms with Crippen molar-refractivity contribution in [3.63, 3.8) is 0 Å². The molecule has 0 atom stereocenters. The van der Waals surface area contributed by atoms with Crippen LogP contribution in [0.25, 0.3) is 72.7 Å². The first-order chi connectivity index (χ1) is 30.4. The summed E-state index contributed by atoms with van der Waals surface area (Å²) in [6.07, 6.45) is 1.92. The van der Waals surface area contributed by atoms with Crippen molar-refractivity contribution < 1.29 is 0 Å². The number of benzene rings is 9. The molecule has 0 amide bonds. The van der Waals surface area contributed by atoms with Crippen LogP contribution < -0.4 is 9.80 Å². The van der Waals surface area contributed by atoms with Crippen LogP contribution in [0.5, 0.6) is 0 Å². The van der Waals surface area contributed by atoms with E-state index < -0.39 is 0 Å². The van der Waals surface area contributed by atoms with Gasteiger partial charge in [-0.15, -0.1) is 22.7 Å².